The first-order valence-electron chi connectivity index (χ1n) is 8.72. The number of aryl methyl sites for hydroxylation is 1. The van der Waals surface area contributed by atoms with Crippen molar-refractivity contribution in [2.75, 3.05) is 44.7 Å². The summed E-state index contributed by atoms with van der Waals surface area (Å²) in [6.07, 6.45) is 3.43. The first kappa shape index (κ1) is 16.0. The minimum Gasteiger partial charge on any atom is -0.370 e. The van der Waals surface area contributed by atoms with E-state index in [-0.39, 0.29) is 0 Å². The number of hydrogen-bond donors (Lipinski definition) is 2. The van der Waals surface area contributed by atoms with Gasteiger partial charge in [-0.05, 0) is 24.6 Å². The summed E-state index contributed by atoms with van der Waals surface area (Å²) in [5, 5.41) is 8.91. The van der Waals surface area contributed by atoms with Crippen LogP contribution in [-0.2, 0) is 4.74 Å². The SMILES string of the molecule is Cc1cccc(-n2ncc3c(NCC[NH+]4CCOCC4)ncnc32)c1. The average Bonchev–Trinajstić information content (AvgIpc) is 3.08. The van der Waals surface area contributed by atoms with Crippen molar-refractivity contribution in [2.45, 2.75) is 6.92 Å². The number of morpholine rings is 1. The third kappa shape index (κ3) is 3.47. The van der Waals surface area contributed by atoms with E-state index in [1.807, 2.05) is 23.0 Å². The lowest BCUT2D eigenvalue weighted by molar-refractivity contribution is -0.906. The van der Waals surface area contributed by atoms with Crippen LogP contribution in [0.3, 0.4) is 0 Å². The van der Waals surface area contributed by atoms with Crippen LogP contribution in [-0.4, -0.2) is 59.1 Å². The number of fused-ring (bicyclic) bond motifs is 1. The Morgan fingerprint density at radius 1 is 1.24 bits per heavy atom. The smallest absolute Gasteiger partial charge is 0.168 e. The summed E-state index contributed by atoms with van der Waals surface area (Å²) in [5.41, 5.74) is 3.03. The van der Waals surface area contributed by atoms with Crippen LogP contribution in [0.15, 0.2) is 36.8 Å². The highest BCUT2D eigenvalue weighted by Crippen LogP contribution is 2.21. The zero-order valence-electron chi connectivity index (χ0n) is 14.4. The molecule has 0 saturated carbocycles. The largest absolute Gasteiger partial charge is 0.370 e. The molecule has 0 unspecified atom stereocenters. The molecular formula is C18H23N6O+. The van der Waals surface area contributed by atoms with Gasteiger partial charge in [-0.3, -0.25) is 0 Å². The molecule has 2 N–H and O–H groups in total. The van der Waals surface area contributed by atoms with Crippen molar-refractivity contribution >= 4 is 16.9 Å². The van der Waals surface area contributed by atoms with Crippen LogP contribution in [0.4, 0.5) is 5.82 Å². The molecule has 0 spiro atoms. The summed E-state index contributed by atoms with van der Waals surface area (Å²) < 4.78 is 7.27. The van der Waals surface area contributed by atoms with Crippen LogP contribution < -0.4 is 10.2 Å². The lowest BCUT2D eigenvalue weighted by atomic mass is 10.2. The molecular weight excluding hydrogens is 316 g/mol. The number of aromatic nitrogens is 4. The topological polar surface area (TPSA) is 69.3 Å². The second-order valence-corrected chi connectivity index (χ2v) is 6.39. The third-order valence-electron chi connectivity index (χ3n) is 4.58. The molecule has 4 rings (SSSR count). The minimum atomic E-state index is 0.821. The second-order valence-electron chi connectivity index (χ2n) is 6.39. The summed E-state index contributed by atoms with van der Waals surface area (Å²) in [6, 6.07) is 8.24. The molecule has 0 aliphatic carbocycles. The Bertz CT molecular complexity index is 856. The van der Waals surface area contributed by atoms with Gasteiger partial charge in [0, 0.05) is 0 Å². The zero-order chi connectivity index (χ0) is 17.1. The molecule has 0 atom stereocenters. The Labute approximate surface area is 146 Å². The van der Waals surface area contributed by atoms with Crippen LogP contribution in [0, 0.1) is 6.92 Å². The van der Waals surface area contributed by atoms with Crippen LogP contribution in [0.1, 0.15) is 5.56 Å². The number of ether oxygens (including phenoxy) is 1. The Kier molecular flexibility index (Phi) is 4.58. The maximum absolute atomic E-state index is 5.40. The monoisotopic (exact) mass is 339 g/mol. The molecule has 0 radical (unpaired) electrons. The Morgan fingerprint density at radius 3 is 2.96 bits per heavy atom. The summed E-state index contributed by atoms with van der Waals surface area (Å²) in [7, 11) is 0. The van der Waals surface area contributed by atoms with Crippen molar-refractivity contribution in [2.24, 2.45) is 0 Å². The third-order valence-corrected chi connectivity index (χ3v) is 4.58. The van der Waals surface area contributed by atoms with Crippen LogP contribution in [0.5, 0.6) is 0 Å². The van der Waals surface area contributed by atoms with Gasteiger partial charge in [0.1, 0.15) is 25.2 Å². The van der Waals surface area contributed by atoms with Crippen molar-refractivity contribution in [1.29, 1.82) is 0 Å². The van der Waals surface area contributed by atoms with Crippen molar-refractivity contribution < 1.29 is 9.64 Å². The van der Waals surface area contributed by atoms with Gasteiger partial charge in [0.25, 0.3) is 0 Å². The van der Waals surface area contributed by atoms with E-state index in [1.54, 1.807) is 11.2 Å². The molecule has 0 bridgehead atoms. The van der Waals surface area contributed by atoms with E-state index in [9.17, 15) is 0 Å². The quantitative estimate of drug-likeness (QED) is 0.706. The zero-order valence-corrected chi connectivity index (χ0v) is 14.4. The fourth-order valence-corrected chi connectivity index (χ4v) is 3.20. The first-order valence-corrected chi connectivity index (χ1v) is 8.72. The van der Waals surface area contributed by atoms with E-state index in [2.05, 4.69) is 39.4 Å². The fourth-order valence-electron chi connectivity index (χ4n) is 3.20. The summed E-state index contributed by atoms with van der Waals surface area (Å²) in [6.45, 7) is 7.87. The summed E-state index contributed by atoms with van der Waals surface area (Å²) >= 11 is 0. The fraction of sp³-hybridized carbons (Fsp3) is 0.389. The van der Waals surface area contributed by atoms with Crippen LogP contribution >= 0.6 is 0 Å². The summed E-state index contributed by atoms with van der Waals surface area (Å²) in [4.78, 5) is 10.4. The lowest BCUT2D eigenvalue weighted by Crippen LogP contribution is -3.14. The minimum absolute atomic E-state index is 0.821. The maximum atomic E-state index is 5.40. The number of rotatable bonds is 5. The summed E-state index contributed by atoms with van der Waals surface area (Å²) in [5.74, 6) is 0.844. The normalized spacial score (nSPS) is 15.6. The highest BCUT2D eigenvalue weighted by Gasteiger charge is 2.14. The predicted molar refractivity (Wildman–Crippen MR) is 96.3 cm³/mol. The molecule has 1 aromatic carbocycles. The molecule has 1 fully saturated rings. The van der Waals surface area contributed by atoms with Gasteiger partial charge in [-0.15, -0.1) is 0 Å². The molecule has 25 heavy (non-hydrogen) atoms. The molecule has 3 heterocycles. The van der Waals surface area contributed by atoms with Crippen molar-refractivity contribution in [3.05, 3.63) is 42.4 Å². The molecule has 2 aromatic heterocycles. The molecule has 1 aliphatic rings. The first-order chi connectivity index (χ1) is 12.3. The standard InChI is InChI=1S/C18H22N6O/c1-14-3-2-4-15(11-14)24-18-16(12-22-24)17(20-13-21-18)19-5-6-23-7-9-25-10-8-23/h2-4,11-13H,5-10H2,1H3,(H,19,20,21)/p+1. The molecule has 7 nitrogen and oxygen atoms in total. The van der Waals surface area contributed by atoms with E-state index in [1.165, 1.54) is 5.56 Å². The number of nitrogens with one attached hydrogen (secondary N) is 2. The van der Waals surface area contributed by atoms with E-state index in [4.69, 9.17) is 4.74 Å². The van der Waals surface area contributed by atoms with Gasteiger partial charge in [0.2, 0.25) is 0 Å². The average molecular weight is 339 g/mol. The molecule has 1 aliphatic heterocycles. The maximum Gasteiger partial charge on any atom is 0.168 e. The Morgan fingerprint density at radius 2 is 2.12 bits per heavy atom. The van der Waals surface area contributed by atoms with Gasteiger partial charge in [0.05, 0.1) is 43.6 Å². The van der Waals surface area contributed by atoms with E-state index in [0.29, 0.717) is 0 Å². The lowest BCUT2D eigenvalue weighted by Gasteiger charge is -2.23. The van der Waals surface area contributed by atoms with E-state index >= 15 is 0 Å². The number of benzene rings is 1. The highest BCUT2D eigenvalue weighted by molar-refractivity contribution is 5.87. The number of hydrogen-bond acceptors (Lipinski definition) is 5. The molecule has 7 heteroatoms. The van der Waals surface area contributed by atoms with Gasteiger partial charge in [-0.2, -0.15) is 5.10 Å². The molecule has 3 aromatic rings. The predicted octanol–water partition coefficient (Wildman–Crippen LogP) is 0.451. The number of anilines is 1. The van der Waals surface area contributed by atoms with Crippen molar-refractivity contribution in [1.82, 2.24) is 19.7 Å². The van der Waals surface area contributed by atoms with E-state index < -0.39 is 0 Å². The molecule has 1 saturated heterocycles. The second kappa shape index (κ2) is 7.16. The highest BCUT2D eigenvalue weighted by atomic mass is 16.5. The van der Waals surface area contributed by atoms with Crippen molar-refractivity contribution in [3.63, 3.8) is 0 Å². The van der Waals surface area contributed by atoms with Gasteiger partial charge in [-0.25, -0.2) is 14.6 Å². The van der Waals surface area contributed by atoms with Gasteiger partial charge < -0.3 is 15.0 Å². The Balaban J connectivity index is 1.52. The molecule has 0 amide bonds. The molecule has 130 valence electrons. The van der Waals surface area contributed by atoms with Crippen LogP contribution in [0.2, 0.25) is 0 Å². The van der Waals surface area contributed by atoms with Gasteiger partial charge in [-0.1, -0.05) is 12.1 Å². The van der Waals surface area contributed by atoms with Crippen molar-refractivity contribution in [3.8, 4) is 5.69 Å². The van der Waals surface area contributed by atoms with E-state index in [0.717, 1.165) is 61.9 Å². The van der Waals surface area contributed by atoms with Crippen LogP contribution in [0.25, 0.3) is 16.7 Å². The van der Waals surface area contributed by atoms with Gasteiger partial charge >= 0.3 is 0 Å². The number of nitrogens with zero attached hydrogens (tertiary/aromatic N) is 4. The van der Waals surface area contributed by atoms with Gasteiger partial charge in [0.15, 0.2) is 5.65 Å². The number of quaternary nitrogens is 1. The Hall–Kier alpha value is -2.51.